The van der Waals surface area contributed by atoms with E-state index in [1.54, 1.807) is 24.4 Å². The molecule has 0 aliphatic heterocycles. The summed E-state index contributed by atoms with van der Waals surface area (Å²) >= 11 is 0. The molecule has 0 saturated carbocycles. The van der Waals surface area contributed by atoms with Gasteiger partial charge in [-0.3, -0.25) is 0 Å². The van der Waals surface area contributed by atoms with Gasteiger partial charge in [-0.1, -0.05) is 0 Å². The first-order valence-corrected chi connectivity index (χ1v) is 4.87. The van der Waals surface area contributed by atoms with Crippen molar-refractivity contribution >= 4 is 17.2 Å². The number of hydrogen-bond donors (Lipinski definition) is 1. The minimum atomic E-state index is -0.248. The molecule has 0 bridgehead atoms. The summed E-state index contributed by atoms with van der Waals surface area (Å²) in [5, 5.41) is 0. The van der Waals surface area contributed by atoms with Gasteiger partial charge in [-0.25, -0.2) is 9.37 Å². The summed E-state index contributed by atoms with van der Waals surface area (Å²) in [4.78, 5) is 6.04. The highest BCUT2D eigenvalue weighted by molar-refractivity contribution is 5.59. The van der Waals surface area contributed by atoms with E-state index in [1.807, 2.05) is 18.0 Å². The Labute approximate surface area is 93.3 Å². The molecule has 0 saturated heterocycles. The molecule has 0 radical (unpaired) electrons. The fourth-order valence-corrected chi connectivity index (χ4v) is 1.39. The van der Waals surface area contributed by atoms with Gasteiger partial charge in [0.2, 0.25) is 0 Å². The number of nitrogens with zero attached hydrogens (tertiary/aromatic N) is 2. The van der Waals surface area contributed by atoms with E-state index >= 15 is 0 Å². The molecule has 0 aliphatic rings. The number of benzene rings is 1. The Balaban J connectivity index is 2.28. The Morgan fingerprint density at radius 1 is 1.12 bits per heavy atom. The van der Waals surface area contributed by atoms with Gasteiger partial charge in [0.1, 0.15) is 11.6 Å². The lowest BCUT2D eigenvalue weighted by Gasteiger charge is -2.18. The summed E-state index contributed by atoms with van der Waals surface area (Å²) in [6, 6.07) is 9.84. The van der Waals surface area contributed by atoms with E-state index in [1.165, 1.54) is 12.1 Å². The predicted octanol–water partition coefficient (Wildman–Crippen LogP) is 2.57. The summed E-state index contributed by atoms with van der Waals surface area (Å²) < 4.78 is 12.8. The van der Waals surface area contributed by atoms with Crippen molar-refractivity contribution in [2.45, 2.75) is 0 Å². The number of rotatable bonds is 2. The highest BCUT2D eigenvalue weighted by atomic mass is 19.1. The molecule has 3 nitrogen and oxygen atoms in total. The van der Waals surface area contributed by atoms with Gasteiger partial charge in [-0.05, 0) is 36.4 Å². The highest BCUT2D eigenvalue weighted by Gasteiger charge is 2.04. The minimum absolute atomic E-state index is 0.248. The summed E-state index contributed by atoms with van der Waals surface area (Å²) in [5.74, 6) is 0.517. The van der Waals surface area contributed by atoms with Crippen molar-refractivity contribution in [3.63, 3.8) is 0 Å². The van der Waals surface area contributed by atoms with E-state index in [0.29, 0.717) is 5.69 Å². The van der Waals surface area contributed by atoms with Crippen LogP contribution in [0.4, 0.5) is 21.6 Å². The second kappa shape index (κ2) is 4.18. The predicted molar refractivity (Wildman–Crippen MR) is 63.1 cm³/mol. The Hall–Kier alpha value is -2.10. The molecule has 82 valence electrons. The van der Waals surface area contributed by atoms with Crippen molar-refractivity contribution in [3.8, 4) is 0 Å². The first kappa shape index (κ1) is 10.4. The topological polar surface area (TPSA) is 42.1 Å². The van der Waals surface area contributed by atoms with Crippen LogP contribution in [-0.4, -0.2) is 12.0 Å². The number of anilines is 3. The zero-order valence-corrected chi connectivity index (χ0v) is 8.89. The van der Waals surface area contributed by atoms with Crippen molar-refractivity contribution in [1.29, 1.82) is 0 Å². The van der Waals surface area contributed by atoms with E-state index in [-0.39, 0.29) is 5.82 Å². The molecular weight excluding hydrogens is 205 g/mol. The fraction of sp³-hybridized carbons (Fsp3) is 0.0833. The van der Waals surface area contributed by atoms with Gasteiger partial charge < -0.3 is 10.6 Å². The van der Waals surface area contributed by atoms with Crippen LogP contribution in [0.15, 0.2) is 42.6 Å². The molecule has 0 aliphatic carbocycles. The number of nitrogens with two attached hydrogens (primary N) is 1. The molecule has 0 unspecified atom stereocenters. The molecule has 1 heterocycles. The third-order valence-corrected chi connectivity index (χ3v) is 2.33. The van der Waals surface area contributed by atoms with Gasteiger partial charge >= 0.3 is 0 Å². The Bertz CT molecular complexity index is 419. The van der Waals surface area contributed by atoms with Crippen LogP contribution in [-0.2, 0) is 0 Å². The number of nitrogen functional groups attached to an aromatic ring is 1. The molecule has 0 atom stereocenters. The molecule has 16 heavy (non-hydrogen) atoms. The fourth-order valence-electron chi connectivity index (χ4n) is 1.39. The lowest BCUT2D eigenvalue weighted by atomic mass is 10.3. The smallest absolute Gasteiger partial charge is 0.132 e. The van der Waals surface area contributed by atoms with Crippen molar-refractivity contribution in [2.75, 3.05) is 17.7 Å². The summed E-state index contributed by atoms with van der Waals surface area (Å²) in [6.07, 6.45) is 1.59. The highest BCUT2D eigenvalue weighted by Crippen LogP contribution is 2.21. The van der Waals surface area contributed by atoms with E-state index in [9.17, 15) is 4.39 Å². The lowest BCUT2D eigenvalue weighted by molar-refractivity contribution is 0.628. The number of halogens is 1. The van der Waals surface area contributed by atoms with Crippen LogP contribution in [0.25, 0.3) is 0 Å². The lowest BCUT2D eigenvalue weighted by Crippen LogP contribution is -2.10. The van der Waals surface area contributed by atoms with Gasteiger partial charge in [0, 0.05) is 12.7 Å². The maximum atomic E-state index is 12.8. The van der Waals surface area contributed by atoms with Gasteiger partial charge in [-0.15, -0.1) is 0 Å². The molecule has 2 rings (SSSR count). The van der Waals surface area contributed by atoms with E-state index < -0.39 is 0 Å². The average Bonchev–Trinajstić information content (AvgIpc) is 2.30. The normalized spacial score (nSPS) is 10.1. The second-order valence-corrected chi connectivity index (χ2v) is 3.49. The quantitative estimate of drug-likeness (QED) is 0.840. The van der Waals surface area contributed by atoms with Crippen LogP contribution in [0.3, 0.4) is 0 Å². The first-order valence-electron chi connectivity index (χ1n) is 4.87. The Kier molecular flexibility index (Phi) is 2.72. The molecule has 1 aromatic carbocycles. The third kappa shape index (κ3) is 2.11. The van der Waals surface area contributed by atoms with E-state index in [4.69, 9.17) is 5.73 Å². The number of aromatic nitrogens is 1. The summed E-state index contributed by atoms with van der Waals surface area (Å²) in [6.45, 7) is 0. The Morgan fingerprint density at radius 3 is 2.38 bits per heavy atom. The van der Waals surface area contributed by atoms with Gasteiger partial charge in [0.15, 0.2) is 0 Å². The van der Waals surface area contributed by atoms with Crippen molar-refractivity contribution in [2.24, 2.45) is 0 Å². The van der Waals surface area contributed by atoms with Gasteiger partial charge in [-0.2, -0.15) is 0 Å². The monoisotopic (exact) mass is 217 g/mol. The number of pyridine rings is 1. The zero-order chi connectivity index (χ0) is 11.5. The zero-order valence-electron chi connectivity index (χ0n) is 8.89. The average molecular weight is 217 g/mol. The third-order valence-electron chi connectivity index (χ3n) is 2.33. The largest absolute Gasteiger partial charge is 0.397 e. The minimum Gasteiger partial charge on any atom is -0.397 e. The maximum absolute atomic E-state index is 12.8. The first-order chi connectivity index (χ1) is 7.66. The summed E-state index contributed by atoms with van der Waals surface area (Å²) in [7, 11) is 1.87. The van der Waals surface area contributed by atoms with Crippen LogP contribution in [0.5, 0.6) is 0 Å². The molecule has 2 N–H and O–H groups in total. The standard InChI is InChI=1S/C12H12FN3/c1-16(11-5-2-9(13)3-6-11)12-7-4-10(14)8-15-12/h2-8H,14H2,1H3. The second-order valence-electron chi connectivity index (χ2n) is 3.49. The van der Waals surface area contributed by atoms with Crippen LogP contribution in [0.1, 0.15) is 0 Å². The van der Waals surface area contributed by atoms with E-state index in [2.05, 4.69) is 4.98 Å². The van der Waals surface area contributed by atoms with Crippen LogP contribution >= 0.6 is 0 Å². The molecule has 2 aromatic rings. The number of hydrogen-bond acceptors (Lipinski definition) is 3. The molecule has 0 spiro atoms. The van der Waals surface area contributed by atoms with E-state index in [0.717, 1.165) is 11.5 Å². The molecule has 4 heteroatoms. The van der Waals surface area contributed by atoms with Gasteiger partial charge in [0.25, 0.3) is 0 Å². The summed E-state index contributed by atoms with van der Waals surface area (Å²) in [5.41, 5.74) is 7.05. The van der Waals surface area contributed by atoms with Crippen molar-refractivity contribution in [1.82, 2.24) is 4.98 Å². The molecular formula is C12H12FN3. The molecule has 0 fully saturated rings. The van der Waals surface area contributed by atoms with Crippen LogP contribution in [0, 0.1) is 5.82 Å². The van der Waals surface area contributed by atoms with Crippen molar-refractivity contribution in [3.05, 3.63) is 48.4 Å². The molecule has 1 aromatic heterocycles. The van der Waals surface area contributed by atoms with Crippen LogP contribution in [0.2, 0.25) is 0 Å². The SMILES string of the molecule is CN(c1ccc(F)cc1)c1ccc(N)cn1. The van der Waals surface area contributed by atoms with Crippen molar-refractivity contribution < 1.29 is 4.39 Å². The molecule has 0 amide bonds. The Morgan fingerprint density at radius 2 is 1.81 bits per heavy atom. The maximum Gasteiger partial charge on any atom is 0.132 e. The van der Waals surface area contributed by atoms with Crippen LogP contribution < -0.4 is 10.6 Å². The van der Waals surface area contributed by atoms with Gasteiger partial charge in [0.05, 0.1) is 11.9 Å².